The third kappa shape index (κ3) is 5.51. The van der Waals surface area contributed by atoms with Crippen molar-refractivity contribution in [2.45, 2.75) is 39.5 Å². The van der Waals surface area contributed by atoms with E-state index in [9.17, 15) is 14.0 Å². The lowest BCUT2D eigenvalue weighted by molar-refractivity contribution is -0.132. The first-order valence-electron chi connectivity index (χ1n) is 6.77. The van der Waals surface area contributed by atoms with Crippen molar-refractivity contribution in [2.24, 2.45) is 11.7 Å². The summed E-state index contributed by atoms with van der Waals surface area (Å²) in [6.45, 7) is 5.29. The first-order chi connectivity index (χ1) is 9.81. The van der Waals surface area contributed by atoms with Crippen LogP contribution in [0.25, 0.3) is 0 Å². The van der Waals surface area contributed by atoms with Gasteiger partial charge in [0.1, 0.15) is 11.9 Å². The number of rotatable bonds is 7. The molecule has 1 aromatic carbocycles. The standard InChI is InChI=1S/C15H21FN2O3/c1-9(2)15(20)18-13(14(17)19)10(3)21-8-11-4-6-12(16)7-5-11/h4-7,9-10,13H,8H2,1-3H3,(H2,17,19)(H,18,20). The van der Waals surface area contributed by atoms with Crippen LogP contribution in [0.3, 0.4) is 0 Å². The average Bonchev–Trinajstić information content (AvgIpc) is 2.43. The van der Waals surface area contributed by atoms with E-state index in [4.69, 9.17) is 10.5 Å². The molecule has 0 spiro atoms. The van der Waals surface area contributed by atoms with E-state index in [0.717, 1.165) is 5.56 Å². The number of carbonyl (C=O) groups is 2. The van der Waals surface area contributed by atoms with Crippen molar-refractivity contribution in [1.29, 1.82) is 0 Å². The van der Waals surface area contributed by atoms with Crippen LogP contribution >= 0.6 is 0 Å². The fourth-order valence-electron chi connectivity index (χ4n) is 1.64. The lowest BCUT2D eigenvalue weighted by Gasteiger charge is -2.23. The minimum Gasteiger partial charge on any atom is -0.371 e. The summed E-state index contributed by atoms with van der Waals surface area (Å²) in [5.74, 6) is -1.51. The molecular formula is C15H21FN2O3. The zero-order valence-corrected chi connectivity index (χ0v) is 12.4. The van der Waals surface area contributed by atoms with E-state index in [1.54, 1.807) is 32.9 Å². The quantitative estimate of drug-likeness (QED) is 0.797. The molecule has 0 aliphatic rings. The SMILES string of the molecule is CC(C)C(=O)NC(C(N)=O)C(C)OCc1ccc(F)cc1. The zero-order valence-electron chi connectivity index (χ0n) is 12.4. The van der Waals surface area contributed by atoms with Gasteiger partial charge in [0.25, 0.3) is 0 Å². The van der Waals surface area contributed by atoms with Gasteiger partial charge in [-0.2, -0.15) is 0 Å². The van der Waals surface area contributed by atoms with Gasteiger partial charge in [0.2, 0.25) is 11.8 Å². The molecule has 0 saturated heterocycles. The lowest BCUT2D eigenvalue weighted by atomic mass is 10.1. The lowest BCUT2D eigenvalue weighted by Crippen LogP contribution is -2.52. The monoisotopic (exact) mass is 296 g/mol. The normalized spacial score (nSPS) is 13.8. The molecule has 2 amide bonds. The molecule has 0 aliphatic heterocycles. The Bertz CT molecular complexity index is 488. The van der Waals surface area contributed by atoms with Gasteiger partial charge in [-0.15, -0.1) is 0 Å². The summed E-state index contributed by atoms with van der Waals surface area (Å²) in [5, 5.41) is 2.56. The van der Waals surface area contributed by atoms with Gasteiger partial charge in [0.15, 0.2) is 0 Å². The predicted molar refractivity (Wildman–Crippen MR) is 76.6 cm³/mol. The average molecular weight is 296 g/mol. The van der Waals surface area contributed by atoms with E-state index in [1.807, 2.05) is 0 Å². The summed E-state index contributed by atoms with van der Waals surface area (Å²) in [4.78, 5) is 23.1. The number of nitrogens with two attached hydrogens (primary N) is 1. The fourth-order valence-corrected chi connectivity index (χ4v) is 1.64. The number of hydrogen-bond acceptors (Lipinski definition) is 3. The fraction of sp³-hybridized carbons (Fsp3) is 0.467. The molecule has 1 aromatic rings. The van der Waals surface area contributed by atoms with E-state index in [2.05, 4.69) is 5.32 Å². The van der Waals surface area contributed by atoms with Crippen LogP contribution in [-0.4, -0.2) is 24.0 Å². The van der Waals surface area contributed by atoms with Crippen LogP contribution in [0.1, 0.15) is 26.3 Å². The molecule has 2 unspecified atom stereocenters. The highest BCUT2D eigenvalue weighted by atomic mass is 19.1. The topological polar surface area (TPSA) is 81.4 Å². The second-order valence-electron chi connectivity index (χ2n) is 5.19. The molecule has 0 aliphatic carbocycles. The maximum atomic E-state index is 12.8. The van der Waals surface area contributed by atoms with E-state index in [1.165, 1.54) is 12.1 Å². The van der Waals surface area contributed by atoms with Crippen molar-refractivity contribution in [3.63, 3.8) is 0 Å². The Morgan fingerprint density at radius 1 is 1.24 bits per heavy atom. The molecule has 0 aromatic heterocycles. The van der Waals surface area contributed by atoms with Crippen molar-refractivity contribution >= 4 is 11.8 Å². The second kappa shape index (κ2) is 7.73. The predicted octanol–water partition coefficient (Wildman–Crippen LogP) is 1.36. The smallest absolute Gasteiger partial charge is 0.242 e. The highest BCUT2D eigenvalue weighted by molar-refractivity contribution is 5.87. The van der Waals surface area contributed by atoms with Crippen molar-refractivity contribution in [3.05, 3.63) is 35.6 Å². The van der Waals surface area contributed by atoms with Gasteiger partial charge in [-0.05, 0) is 24.6 Å². The molecule has 0 heterocycles. The number of halogens is 1. The largest absolute Gasteiger partial charge is 0.371 e. The molecule has 1 rings (SSSR count). The van der Waals surface area contributed by atoms with Crippen LogP contribution in [0, 0.1) is 11.7 Å². The summed E-state index contributed by atoms with van der Waals surface area (Å²) in [6, 6.07) is 4.94. The van der Waals surface area contributed by atoms with Crippen molar-refractivity contribution in [3.8, 4) is 0 Å². The van der Waals surface area contributed by atoms with Crippen molar-refractivity contribution in [1.82, 2.24) is 5.32 Å². The molecule has 2 atom stereocenters. The Balaban J connectivity index is 2.60. The van der Waals surface area contributed by atoms with E-state index < -0.39 is 18.1 Å². The second-order valence-corrected chi connectivity index (χ2v) is 5.19. The van der Waals surface area contributed by atoms with Gasteiger partial charge < -0.3 is 15.8 Å². The summed E-state index contributed by atoms with van der Waals surface area (Å²) >= 11 is 0. The van der Waals surface area contributed by atoms with Gasteiger partial charge in [-0.25, -0.2) is 4.39 Å². The summed E-state index contributed by atoms with van der Waals surface area (Å²) in [6.07, 6.45) is -0.588. The van der Waals surface area contributed by atoms with Crippen LogP contribution < -0.4 is 11.1 Å². The molecule has 0 bridgehead atoms. The summed E-state index contributed by atoms with van der Waals surface area (Å²) in [5.41, 5.74) is 6.06. The van der Waals surface area contributed by atoms with E-state index in [-0.39, 0.29) is 24.2 Å². The van der Waals surface area contributed by atoms with Gasteiger partial charge in [-0.1, -0.05) is 26.0 Å². The Morgan fingerprint density at radius 3 is 2.29 bits per heavy atom. The number of amides is 2. The number of hydrogen-bond donors (Lipinski definition) is 2. The van der Waals surface area contributed by atoms with Crippen molar-refractivity contribution < 1.29 is 18.7 Å². The summed E-state index contributed by atoms with van der Waals surface area (Å²) in [7, 11) is 0. The molecule has 0 fully saturated rings. The first kappa shape index (κ1) is 17.1. The number of carbonyl (C=O) groups excluding carboxylic acids is 2. The van der Waals surface area contributed by atoms with Crippen LogP contribution in [0.5, 0.6) is 0 Å². The molecular weight excluding hydrogens is 275 g/mol. The third-order valence-electron chi connectivity index (χ3n) is 3.02. The minimum atomic E-state index is -0.902. The zero-order chi connectivity index (χ0) is 16.0. The molecule has 21 heavy (non-hydrogen) atoms. The van der Waals surface area contributed by atoms with E-state index in [0.29, 0.717) is 0 Å². The van der Waals surface area contributed by atoms with Crippen LogP contribution in [-0.2, 0) is 20.9 Å². The molecule has 3 N–H and O–H groups in total. The molecule has 0 radical (unpaired) electrons. The highest BCUT2D eigenvalue weighted by Crippen LogP contribution is 2.08. The Labute approximate surface area is 123 Å². The molecule has 0 saturated carbocycles. The van der Waals surface area contributed by atoms with Gasteiger partial charge >= 0.3 is 0 Å². The van der Waals surface area contributed by atoms with Gasteiger partial charge in [-0.3, -0.25) is 9.59 Å². The highest BCUT2D eigenvalue weighted by Gasteiger charge is 2.26. The number of ether oxygens (including phenoxy) is 1. The third-order valence-corrected chi connectivity index (χ3v) is 3.02. The molecule has 6 heteroatoms. The van der Waals surface area contributed by atoms with Gasteiger partial charge in [0, 0.05) is 5.92 Å². The van der Waals surface area contributed by atoms with Crippen LogP contribution in [0.15, 0.2) is 24.3 Å². The molecule has 116 valence electrons. The summed E-state index contributed by atoms with van der Waals surface area (Å²) < 4.78 is 18.3. The minimum absolute atomic E-state index is 0.197. The maximum Gasteiger partial charge on any atom is 0.242 e. The Kier molecular flexibility index (Phi) is 6.30. The maximum absolute atomic E-state index is 12.8. The van der Waals surface area contributed by atoms with Crippen LogP contribution in [0.4, 0.5) is 4.39 Å². The Morgan fingerprint density at radius 2 is 1.81 bits per heavy atom. The number of primary amides is 1. The molecule has 5 nitrogen and oxygen atoms in total. The van der Waals surface area contributed by atoms with Crippen LogP contribution in [0.2, 0.25) is 0 Å². The van der Waals surface area contributed by atoms with Crippen molar-refractivity contribution in [2.75, 3.05) is 0 Å². The Hall–Kier alpha value is -1.95. The number of nitrogens with one attached hydrogen (secondary N) is 1. The number of benzene rings is 1. The first-order valence-corrected chi connectivity index (χ1v) is 6.77. The van der Waals surface area contributed by atoms with Gasteiger partial charge in [0.05, 0.1) is 12.7 Å². The van der Waals surface area contributed by atoms with E-state index >= 15 is 0 Å².